The van der Waals surface area contributed by atoms with Crippen molar-refractivity contribution in [2.75, 3.05) is 18.0 Å². The van der Waals surface area contributed by atoms with Crippen molar-refractivity contribution >= 4 is 17.5 Å². The third-order valence-corrected chi connectivity index (χ3v) is 4.53. The average Bonchev–Trinajstić information content (AvgIpc) is 2.91. The zero-order chi connectivity index (χ0) is 15.6. The summed E-state index contributed by atoms with van der Waals surface area (Å²) in [6.07, 6.45) is 4.15. The zero-order valence-corrected chi connectivity index (χ0v) is 12.2. The molecule has 1 aliphatic heterocycles. The van der Waals surface area contributed by atoms with Gasteiger partial charge in [0.05, 0.1) is 4.92 Å². The van der Waals surface area contributed by atoms with Crippen LogP contribution in [0.15, 0.2) is 12.3 Å². The van der Waals surface area contributed by atoms with Gasteiger partial charge in [0.25, 0.3) is 5.69 Å². The number of rotatable bonds is 5. The maximum Gasteiger partial charge on any atom is 0.339 e. The minimum Gasteiger partial charge on any atom is -0.478 e. The van der Waals surface area contributed by atoms with Crippen LogP contribution in [0.5, 0.6) is 0 Å². The molecule has 114 valence electrons. The topological polar surface area (TPSA) is 96.6 Å². The van der Waals surface area contributed by atoms with E-state index in [1.54, 1.807) is 0 Å². The van der Waals surface area contributed by atoms with E-state index >= 15 is 0 Å². The van der Waals surface area contributed by atoms with Crippen LogP contribution in [0.1, 0.15) is 43.5 Å². The maximum absolute atomic E-state index is 11.4. The summed E-state index contributed by atoms with van der Waals surface area (Å²) >= 11 is 0. The van der Waals surface area contributed by atoms with Gasteiger partial charge in [0.2, 0.25) is 0 Å². The first-order valence-corrected chi connectivity index (χ1v) is 7.05. The first-order chi connectivity index (χ1) is 9.92. The third kappa shape index (κ3) is 2.81. The lowest BCUT2D eigenvalue weighted by Gasteiger charge is -2.27. The Bertz CT molecular complexity index is 569. The summed E-state index contributed by atoms with van der Waals surface area (Å²) in [7, 11) is 0. The van der Waals surface area contributed by atoms with Crippen molar-refractivity contribution in [3.05, 3.63) is 27.9 Å². The van der Waals surface area contributed by atoms with E-state index in [0.717, 1.165) is 44.6 Å². The summed E-state index contributed by atoms with van der Waals surface area (Å²) in [5, 5.41) is 20.1. The van der Waals surface area contributed by atoms with Gasteiger partial charge in [-0.3, -0.25) is 10.1 Å². The molecule has 7 nitrogen and oxygen atoms in total. The second-order valence-corrected chi connectivity index (χ2v) is 5.51. The predicted molar refractivity (Wildman–Crippen MR) is 77.7 cm³/mol. The molecule has 21 heavy (non-hydrogen) atoms. The van der Waals surface area contributed by atoms with Crippen molar-refractivity contribution in [2.45, 2.75) is 33.1 Å². The number of aromatic carboxylic acids is 1. The van der Waals surface area contributed by atoms with Gasteiger partial charge in [0, 0.05) is 19.2 Å². The fraction of sp³-hybridized carbons (Fsp3) is 0.571. The number of hydrogen-bond donors (Lipinski definition) is 1. The minimum absolute atomic E-state index is 0.104. The molecule has 2 heterocycles. The molecule has 1 saturated heterocycles. The standard InChI is InChI=1S/C14H19N3O4/c1-3-14(4-2)5-6-16(9-14)12-11(13(18)19)7-10(8-15-12)17(20)21/h7-8H,3-6,9H2,1-2H3,(H,18,19). The van der Waals surface area contributed by atoms with E-state index in [2.05, 4.69) is 18.8 Å². The molecule has 0 atom stereocenters. The highest BCUT2D eigenvalue weighted by Crippen LogP contribution is 2.39. The Morgan fingerprint density at radius 3 is 2.67 bits per heavy atom. The van der Waals surface area contributed by atoms with Crippen molar-refractivity contribution < 1.29 is 14.8 Å². The van der Waals surface area contributed by atoms with Gasteiger partial charge in [-0.1, -0.05) is 13.8 Å². The molecule has 0 amide bonds. The summed E-state index contributed by atoms with van der Waals surface area (Å²) in [4.78, 5) is 27.5. The van der Waals surface area contributed by atoms with Crippen LogP contribution < -0.4 is 4.90 Å². The first kappa shape index (κ1) is 15.2. The van der Waals surface area contributed by atoms with Crippen molar-refractivity contribution in [2.24, 2.45) is 5.41 Å². The van der Waals surface area contributed by atoms with Crippen LogP contribution in [0.25, 0.3) is 0 Å². The van der Waals surface area contributed by atoms with E-state index in [1.807, 2.05) is 4.90 Å². The van der Waals surface area contributed by atoms with Crippen LogP contribution in [-0.2, 0) is 0 Å². The molecule has 0 spiro atoms. The van der Waals surface area contributed by atoms with Crippen LogP contribution in [0.3, 0.4) is 0 Å². The van der Waals surface area contributed by atoms with E-state index < -0.39 is 10.9 Å². The molecule has 0 aliphatic carbocycles. The summed E-state index contributed by atoms with van der Waals surface area (Å²) in [5.74, 6) is -0.858. The number of carboxylic acid groups (broad SMARTS) is 1. The molecule has 2 rings (SSSR count). The van der Waals surface area contributed by atoms with Gasteiger partial charge in [-0.2, -0.15) is 0 Å². The maximum atomic E-state index is 11.4. The van der Waals surface area contributed by atoms with Crippen molar-refractivity contribution in [1.29, 1.82) is 0 Å². The fourth-order valence-electron chi connectivity index (χ4n) is 2.90. The third-order valence-electron chi connectivity index (χ3n) is 4.53. The highest BCUT2D eigenvalue weighted by atomic mass is 16.6. The number of nitro groups is 1. The molecule has 1 aromatic heterocycles. The number of nitrogens with zero attached hydrogens (tertiary/aromatic N) is 3. The lowest BCUT2D eigenvalue weighted by atomic mass is 9.82. The number of carboxylic acids is 1. The number of carbonyl (C=O) groups is 1. The van der Waals surface area contributed by atoms with Crippen LogP contribution in [0.2, 0.25) is 0 Å². The molecule has 0 saturated carbocycles. The Morgan fingerprint density at radius 1 is 1.52 bits per heavy atom. The molecule has 1 N–H and O–H groups in total. The summed E-state index contributed by atoms with van der Waals surface area (Å²) in [5.41, 5.74) is -0.223. The number of aromatic nitrogens is 1. The van der Waals surface area contributed by atoms with Crippen molar-refractivity contribution in [1.82, 2.24) is 4.98 Å². The minimum atomic E-state index is -1.19. The number of anilines is 1. The highest BCUT2D eigenvalue weighted by Gasteiger charge is 2.37. The van der Waals surface area contributed by atoms with Gasteiger partial charge in [-0.25, -0.2) is 9.78 Å². The van der Waals surface area contributed by atoms with Crippen molar-refractivity contribution in [3.8, 4) is 0 Å². The lowest BCUT2D eigenvalue weighted by Crippen LogP contribution is -2.28. The second kappa shape index (κ2) is 5.67. The molecular weight excluding hydrogens is 274 g/mol. The lowest BCUT2D eigenvalue weighted by molar-refractivity contribution is -0.385. The number of pyridine rings is 1. The molecule has 0 aromatic carbocycles. The zero-order valence-electron chi connectivity index (χ0n) is 12.2. The van der Waals surface area contributed by atoms with Crippen LogP contribution >= 0.6 is 0 Å². The fourth-order valence-corrected chi connectivity index (χ4v) is 2.90. The van der Waals surface area contributed by atoms with Gasteiger partial charge >= 0.3 is 5.97 Å². The quantitative estimate of drug-likeness (QED) is 0.662. The van der Waals surface area contributed by atoms with Gasteiger partial charge in [-0.15, -0.1) is 0 Å². The van der Waals surface area contributed by atoms with Gasteiger partial charge in [0.1, 0.15) is 17.6 Å². The molecule has 1 fully saturated rings. The highest BCUT2D eigenvalue weighted by molar-refractivity contribution is 5.94. The Morgan fingerprint density at radius 2 is 2.19 bits per heavy atom. The normalized spacial score (nSPS) is 17.0. The van der Waals surface area contributed by atoms with Gasteiger partial charge in [-0.05, 0) is 24.7 Å². The van der Waals surface area contributed by atoms with E-state index in [0.29, 0.717) is 5.82 Å². The van der Waals surface area contributed by atoms with Crippen LogP contribution in [0, 0.1) is 15.5 Å². The van der Waals surface area contributed by atoms with Crippen LogP contribution in [0.4, 0.5) is 11.5 Å². The Labute approximate surface area is 122 Å². The van der Waals surface area contributed by atoms with Gasteiger partial charge < -0.3 is 10.0 Å². The predicted octanol–water partition coefficient (Wildman–Crippen LogP) is 2.70. The summed E-state index contributed by atoms with van der Waals surface area (Å²) < 4.78 is 0. The van der Waals surface area contributed by atoms with Crippen molar-refractivity contribution in [3.63, 3.8) is 0 Å². The molecule has 0 radical (unpaired) electrons. The largest absolute Gasteiger partial charge is 0.478 e. The second-order valence-electron chi connectivity index (χ2n) is 5.51. The average molecular weight is 293 g/mol. The number of hydrogen-bond acceptors (Lipinski definition) is 5. The van der Waals surface area contributed by atoms with Gasteiger partial charge in [0.15, 0.2) is 0 Å². The molecule has 1 aromatic rings. The molecule has 1 aliphatic rings. The Kier molecular flexibility index (Phi) is 4.11. The smallest absolute Gasteiger partial charge is 0.339 e. The van der Waals surface area contributed by atoms with E-state index in [4.69, 9.17) is 0 Å². The van der Waals surface area contributed by atoms with Crippen LogP contribution in [-0.4, -0.2) is 34.1 Å². The van der Waals surface area contributed by atoms with E-state index in [1.165, 1.54) is 0 Å². The first-order valence-electron chi connectivity index (χ1n) is 7.05. The Hall–Kier alpha value is -2.18. The Balaban J connectivity index is 2.36. The summed E-state index contributed by atoms with van der Waals surface area (Å²) in [6.45, 7) is 5.74. The molecular formula is C14H19N3O4. The summed E-state index contributed by atoms with van der Waals surface area (Å²) in [6, 6.07) is 1.09. The monoisotopic (exact) mass is 293 g/mol. The molecule has 0 bridgehead atoms. The van der Waals surface area contributed by atoms with E-state index in [9.17, 15) is 20.0 Å². The SMILES string of the molecule is CCC1(CC)CCN(c2ncc([N+](=O)[O-])cc2C(=O)O)C1. The molecule has 7 heteroatoms. The molecule has 0 unspecified atom stereocenters. The van der Waals surface area contributed by atoms with E-state index in [-0.39, 0.29) is 16.7 Å².